The molecule has 0 saturated carbocycles. The first-order valence-corrected chi connectivity index (χ1v) is 8.50. The molecular weight excluding hydrogens is 314 g/mol. The molecule has 1 aromatic heterocycles. The van der Waals surface area contributed by atoms with Crippen LogP contribution in [-0.4, -0.2) is 45.1 Å². The van der Waals surface area contributed by atoms with Gasteiger partial charge in [0.15, 0.2) is 0 Å². The molecule has 1 heterocycles. The van der Waals surface area contributed by atoms with E-state index in [0.29, 0.717) is 11.0 Å². The molecule has 0 aliphatic rings. The van der Waals surface area contributed by atoms with Crippen LogP contribution in [0.4, 0.5) is 0 Å². The van der Waals surface area contributed by atoms with Crippen LogP contribution in [0.3, 0.4) is 0 Å². The van der Waals surface area contributed by atoms with Crippen molar-refractivity contribution < 1.29 is 18.3 Å². The van der Waals surface area contributed by atoms with Crippen molar-refractivity contribution in [2.75, 3.05) is 6.54 Å². The fourth-order valence-corrected chi connectivity index (χ4v) is 4.58. The van der Waals surface area contributed by atoms with E-state index in [9.17, 15) is 13.2 Å². The molecule has 1 unspecified atom stereocenters. The van der Waals surface area contributed by atoms with E-state index in [2.05, 4.69) is 8.75 Å². The molecular formula is C12H15N3O4S2. The minimum absolute atomic E-state index is 0.0628. The Kier molecular flexibility index (Phi) is 4.55. The Balaban J connectivity index is 2.49. The van der Waals surface area contributed by atoms with Gasteiger partial charge in [-0.05, 0) is 19.1 Å². The van der Waals surface area contributed by atoms with Gasteiger partial charge in [-0.2, -0.15) is 13.1 Å². The summed E-state index contributed by atoms with van der Waals surface area (Å²) < 4.78 is 34.8. The molecule has 0 aliphatic carbocycles. The number of carboxylic acid groups (broad SMARTS) is 1. The standard InChI is InChI=1S/C12H15N3O4S2/c1-3-15(8(2)7-11(16)17)21(18,19)10-6-4-5-9-12(10)14-20-13-9/h4-6,8H,3,7H2,1-2H3,(H,16,17). The summed E-state index contributed by atoms with van der Waals surface area (Å²) >= 11 is 0.944. The van der Waals surface area contributed by atoms with E-state index in [1.807, 2.05) is 0 Å². The lowest BCUT2D eigenvalue weighted by atomic mass is 10.2. The van der Waals surface area contributed by atoms with Crippen molar-refractivity contribution in [3.05, 3.63) is 18.2 Å². The zero-order valence-electron chi connectivity index (χ0n) is 11.6. The fourth-order valence-electron chi connectivity index (χ4n) is 2.19. The maximum absolute atomic E-state index is 12.8. The van der Waals surface area contributed by atoms with Crippen molar-refractivity contribution in [2.45, 2.75) is 31.2 Å². The number of carboxylic acids is 1. The second-order valence-corrected chi connectivity index (χ2v) is 6.93. The van der Waals surface area contributed by atoms with E-state index < -0.39 is 22.0 Å². The number of benzene rings is 1. The largest absolute Gasteiger partial charge is 0.481 e. The number of aromatic nitrogens is 2. The predicted molar refractivity (Wildman–Crippen MR) is 78.7 cm³/mol. The van der Waals surface area contributed by atoms with E-state index in [1.165, 1.54) is 10.4 Å². The first-order valence-electron chi connectivity index (χ1n) is 6.32. The predicted octanol–water partition coefficient (Wildman–Crippen LogP) is 1.57. The monoisotopic (exact) mass is 329 g/mol. The van der Waals surface area contributed by atoms with E-state index in [1.54, 1.807) is 26.0 Å². The maximum Gasteiger partial charge on any atom is 0.304 e. The van der Waals surface area contributed by atoms with Crippen LogP contribution in [0.25, 0.3) is 11.0 Å². The van der Waals surface area contributed by atoms with Gasteiger partial charge >= 0.3 is 5.97 Å². The van der Waals surface area contributed by atoms with Crippen molar-refractivity contribution in [3.63, 3.8) is 0 Å². The first-order chi connectivity index (χ1) is 9.87. The summed E-state index contributed by atoms with van der Waals surface area (Å²) in [5.41, 5.74) is 0.839. The lowest BCUT2D eigenvalue weighted by Gasteiger charge is -2.26. The summed E-state index contributed by atoms with van der Waals surface area (Å²) in [6, 6.07) is 4.12. The normalized spacial score (nSPS) is 13.7. The number of fused-ring (bicyclic) bond motifs is 1. The zero-order chi connectivity index (χ0) is 15.6. The van der Waals surface area contributed by atoms with Crippen molar-refractivity contribution >= 4 is 38.8 Å². The third kappa shape index (κ3) is 3.04. The third-order valence-electron chi connectivity index (χ3n) is 3.11. The van der Waals surface area contributed by atoms with E-state index in [-0.39, 0.29) is 17.9 Å². The molecule has 0 radical (unpaired) electrons. The minimum atomic E-state index is -3.82. The zero-order valence-corrected chi connectivity index (χ0v) is 13.2. The molecule has 21 heavy (non-hydrogen) atoms. The van der Waals surface area contributed by atoms with Gasteiger partial charge < -0.3 is 5.11 Å². The summed E-state index contributed by atoms with van der Waals surface area (Å²) in [7, 11) is -3.82. The van der Waals surface area contributed by atoms with Gasteiger partial charge in [-0.3, -0.25) is 4.79 Å². The van der Waals surface area contributed by atoms with Crippen LogP contribution in [0.5, 0.6) is 0 Å². The molecule has 0 aliphatic heterocycles. The second-order valence-electron chi connectivity index (χ2n) is 4.54. The first kappa shape index (κ1) is 15.8. The van der Waals surface area contributed by atoms with Crippen LogP contribution in [-0.2, 0) is 14.8 Å². The summed E-state index contributed by atoms with van der Waals surface area (Å²) in [5.74, 6) is -1.04. The Morgan fingerprint density at radius 3 is 2.76 bits per heavy atom. The molecule has 2 aromatic rings. The van der Waals surface area contributed by atoms with Gasteiger partial charge in [0, 0.05) is 12.6 Å². The maximum atomic E-state index is 12.8. The lowest BCUT2D eigenvalue weighted by molar-refractivity contribution is -0.137. The van der Waals surface area contributed by atoms with Gasteiger partial charge in [-0.1, -0.05) is 13.0 Å². The molecule has 1 N–H and O–H groups in total. The molecule has 9 heteroatoms. The quantitative estimate of drug-likeness (QED) is 0.863. The molecule has 0 fully saturated rings. The molecule has 114 valence electrons. The Labute approximate surface area is 126 Å². The Bertz CT molecular complexity index is 757. The molecule has 0 saturated heterocycles. The summed E-state index contributed by atoms with van der Waals surface area (Å²) in [6.07, 6.45) is -0.252. The Morgan fingerprint density at radius 2 is 2.14 bits per heavy atom. The van der Waals surface area contributed by atoms with Crippen LogP contribution in [0, 0.1) is 0 Å². The van der Waals surface area contributed by atoms with Gasteiger partial charge in [0.2, 0.25) is 10.0 Å². The fraction of sp³-hybridized carbons (Fsp3) is 0.417. The smallest absolute Gasteiger partial charge is 0.304 e. The molecule has 1 aromatic carbocycles. The second kappa shape index (κ2) is 6.04. The number of carbonyl (C=O) groups is 1. The highest BCUT2D eigenvalue weighted by Crippen LogP contribution is 2.26. The minimum Gasteiger partial charge on any atom is -0.481 e. The van der Waals surface area contributed by atoms with Crippen LogP contribution >= 0.6 is 11.7 Å². The number of hydrogen-bond donors (Lipinski definition) is 1. The molecule has 1 atom stereocenters. The van der Waals surface area contributed by atoms with E-state index in [4.69, 9.17) is 5.11 Å². The van der Waals surface area contributed by atoms with Crippen molar-refractivity contribution in [3.8, 4) is 0 Å². The van der Waals surface area contributed by atoms with Crippen LogP contribution in [0.15, 0.2) is 23.1 Å². The van der Waals surface area contributed by atoms with Crippen LogP contribution < -0.4 is 0 Å². The number of aliphatic carboxylic acids is 1. The van der Waals surface area contributed by atoms with E-state index in [0.717, 1.165) is 11.7 Å². The average Bonchev–Trinajstić information content (AvgIpc) is 2.85. The molecule has 0 spiro atoms. The van der Waals surface area contributed by atoms with Crippen molar-refractivity contribution in [2.24, 2.45) is 0 Å². The van der Waals surface area contributed by atoms with Gasteiger partial charge in [0.05, 0.1) is 18.1 Å². The average molecular weight is 329 g/mol. The van der Waals surface area contributed by atoms with Crippen LogP contribution in [0.1, 0.15) is 20.3 Å². The highest BCUT2D eigenvalue weighted by atomic mass is 32.2. The highest BCUT2D eigenvalue weighted by molar-refractivity contribution is 7.89. The summed E-state index contributed by atoms with van der Waals surface area (Å²) in [6.45, 7) is 3.44. The van der Waals surface area contributed by atoms with Crippen molar-refractivity contribution in [1.82, 2.24) is 13.1 Å². The van der Waals surface area contributed by atoms with Gasteiger partial charge in [-0.25, -0.2) is 8.42 Å². The van der Waals surface area contributed by atoms with Gasteiger partial charge in [0.25, 0.3) is 0 Å². The number of sulfonamides is 1. The third-order valence-corrected chi connectivity index (χ3v) is 5.77. The van der Waals surface area contributed by atoms with Crippen LogP contribution in [0.2, 0.25) is 0 Å². The Hall–Kier alpha value is -1.58. The summed E-state index contributed by atoms with van der Waals surface area (Å²) in [5, 5.41) is 8.86. The Morgan fingerprint density at radius 1 is 1.43 bits per heavy atom. The summed E-state index contributed by atoms with van der Waals surface area (Å²) in [4.78, 5) is 10.9. The SMILES string of the molecule is CCN(C(C)CC(=O)O)S(=O)(=O)c1cccc2nsnc12. The van der Waals surface area contributed by atoms with Gasteiger partial charge in [0.1, 0.15) is 15.9 Å². The van der Waals surface area contributed by atoms with E-state index >= 15 is 0 Å². The van der Waals surface area contributed by atoms with Crippen molar-refractivity contribution in [1.29, 1.82) is 0 Å². The molecule has 0 amide bonds. The molecule has 2 rings (SSSR count). The highest BCUT2D eigenvalue weighted by Gasteiger charge is 2.31. The number of nitrogens with zero attached hydrogens (tertiary/aromatic N) is 3. The molecule has 0 bridgehead atoms. The number of hydrogen-bond acceptors (Lipinski definition) is 6. The number of rotatable bonds is 6. The lowest BCUT2D eigenvalue weighted by Crippen LogP contribution is -2.39. The van der Waals surface area contributed by atoms with Gasteiger partial charge in [-0.15, -0.1) is 0 Å². The molecule has 7 nitrogen and oxygen atoms in total. The topological polar surface area (TPSA) is 100 Å².